The van der Waals surface area contributed by atoms with Gasteiger partial charge in [-0.1, -0.05) is 18.2 Å². The van der Waals surface area contributed by atoms with Gasteiger partial charge in [0.15, 0.2) is 0 Å². The van der Waals surface area contributed by atoms with Gasteiger partial charge in [0, 0.05) is 36.7 Å². The first-order chi connectivity index (χ1) is 11.7. The Kier molecular flexibility index (Phi) is 4.03. The van der Waals surface area contributed by atoms with Gasteiger partial charge in [-0.2, -0.15) is 4.31 Å². The Morgan fingerprint density at radius 1 is 1.21 bits per heavy atom. The number of amidine groups is 1. The van der Waals surface area contributed by atoms with Crippen molar-refractivity contribution in [3.8, 4) is 0 Å². The lowest BCUT2D eigenvalue weighted by molar-refractivity contribution is 0.0730. The smallest absolute Gasteiger partial charge is 0.245 e. The third-order valence-electron chi connectivity index (χ3n) is 4.40. The van der Waals surface area contributed by atoms with Gasteiger partial charge in [-0.05, 0) is 6.07 Å². The average molecular weight is 348 g/mol. The van der Waals surface area contributed by atoms with E-state index in [1.54, 1.807) is 6.20 Å². The quantitative estimate of drug-likeness (QED) is 0.881. The summed E-state index contributed by atoms with van der Waals surface area (Å²) in [6, 6.07) is 7.61. The second-order valence-electron chi connectivity index (χ2n) is 5.91. The van der Waals surface area contributed by atoms with Crippen LogP contribution in [0.2, 0.25) is 0 Å². The highest BCUT2D eigenvalue weighted by Gasteiger charge is 2.29. The zero-order valence-corrected chi connectivity index (χ0v) is 14.1. The van der Waals surface area contributed by atoms with Crippen LogP contribution < -0.4 is 5.32 Å². The summed E-state index contributed by atoms with van der Waals surface area (Å²) in [6.45, 7) is 3.85. The first-order valence-electron chi connectivity index (χ1n) is 8.09. The maximum Gasteiger partial charge on any atom is 0.245 e. The van der Waals surface area contributed by atoms with E-state index in [0.29, 0.717) is 37.7 Å². The second kappa shape index (κ2) is 6.19. The molecule has 0 aliphatic carbocycles. The Balaban J connectivity index is 1.77. The predicted molar refractivity (Wildman–Crippen MR) is 91.8 cm³/mol. The van der Waals surface area contributed by atoms with Gasteiger partial charge in [0.1, 0.15) is 10.7 Å². The molecule has 0 atom stereocenters. The van der Waals surface area contributed by atoms with Crippen molar-refractivity contribution < 1.29 is 13.2 Å². The molecule has 1 N–H and O–H groups in total. The van der Waals surface area contributed by atoms with E-state index in [1.807, 2.05) is 28.8 Å². The molecule has 2 aliphatic heterocycles. The summed E-state index contributed by atoms with van der Waals surface area (Å²) in [5.41, 5.74) is 0.903. The van der Waals surface area contributed by atoms with Crippen molar-refractivity contribution in [1.82, 2.24) is 14.2 Å². The van der Waals surface area contributed by atoms with Gasteiger partial charge >= 0.3 is 0 Å². The first kappa shape index (κ1) is 15.6. The van der Waals surface area contributed by atoms with E-state index < -0.39 is 10.0 Å². The molecular formula is C16H20N4O3S. The molecule has 0 radical (unpaired) electrons. The van der Waals surface area contributed by atoms with Gasteiger partial charge in [-0.15, -0.1) is 0 Å². The number of ether oxygens (including phenoxy) is 1. The van der Waals surface area contributed by atoms with E-state index in [-0.39, 0.29) is 0 Å². The van der Waals surface area contributed by atoms with Crippen molar-refractivity contribution in [1.29, 1.82) is 0 Å². The topological polar surface area (TPSA) is 75.9 Å². The van der Waals surface area contributed by atoms with Gasteiger partial charge in [0.25, 0.3) is 0 Å². The number of hydrogen-bond donors (Lipinski definition) is 1. The number of nitrogens with zero attached hydrogens (tertiary/aromatic N) is 3. The number of para-hydroxylation sites is 1. The Morgan fingerprint density at radius 3 is 2.75 bits per heavy atom. The Morgan fingerprint density at radius 2 is 2.00 bits per heavy atom. The van der Waals surface area contributed by atoms with Crippen molar-refractivity contribution >= 4 is 26.8 Å². The molecule has 0 saturated carbocycles. The molecular weight excluding hydrogens is 328 g/mol. The molecule has 8 heteroatoms. The van der Waals surface area contributed by atoms with Crippen molar-refractivity contribution in [3.05, 3.63) is 30.5 Å². The summed E-state index contributed by atoms with van der Waals surface area (Å²) >= 11 is 0. The maximum atomic E-state index is 13.1. The SMILES string of the molecule is O=S(=O)(c1cn(CC2=NCCN2)c2ccccc12)N1CCOCC1. The predicted octanol–water partition coefficient (Wildman–Crippen LogP) is 0.664. The number of benzene rings is 1. The fraction of sp³-hybridized carbons (Fsp3) is 0.438. The van der Waals surface area contributed by atoms with Crippen LogP contribution in [0.1, 0.15) is 0 Å². The van der Waals surface area contributed by atoms with Crippen LogP contribution >= 0.6 is 0 Å². The maximum absolute atomic E-state index is 13.1. The van der Waals surface area contributed by atoms with E-state index >= 15 is 0 Å². The van der Waals surface area contributed by atoms with E-state index in [0.717, 1.165) is 29.8 Å². The third-order valence-corrected chi connectivity index (χ3v) is 6.33. The molecule has 2 aliphatic rings. The summed E-state index contributed by atoms with van der Waals surface area (Å²) in [5, 5.41) is 3.99. The number of nitrogens with one attached hydrogen (secondary N) is 1. The highest BCUT2D eigenvalue weighted by atomic mass is 32.2. The van der Waals surface area contributed by atoms with E-state index in [1.165, 1.54) is 4.31 Å². The van der Waals surface area contributed by atoms with Crippen molar-refractivity contribution in [3.63, 3.8) is 0 Å². The molecule has 0 unspecified atom stereocenters. The van der Waals surface area contributed by atoms with Crippen LogP contribution in [0, 0.1) is 0 Å². The normalized spacial score (nSPS) is 19.4. The monoisotopic (exact) mass is 348 g/mol. The highest BCUT2D eigenvalue weighted by Crippen LogP contribution is 2.28. The number of sulfonamides is 1. The number of hydrogen-bond acceptors (Lipinski definition) is 5. The lowest BCUT2D eigenvalue weighted by Gasteiger charge is -2.25. The molecule has 1 aromatic carbocycles. The van der Waals surface area contributed by atoms with Crippen molar-refractivity contribution in [2.45, 2.75) is 11.4 Å². The fourth-order valence-corrected chi connectivity index (χ4v) is 4.81. The molecule has 1 fully saturated rings. The van der Waals surface area contributed by atoms with Crippen LogP contribution in [0.4, 0.5) is 0 Å². The molecule has 1 aromatic heterocycles. The number of fused-ring (bicyclic) bond motifs is 1. The number of aliphatic imine (C=N–C) groups is 1. The van der Waals surface area contributed by atoms with Crippen LogP contribution in [0.3, 0.4) is 0 Å². The summed E-state index contributed by atoms with van der Waals surface area (Å²) in [5.74, 6) is 0.895. The minimum Gasteiger partial charge on any atom is -0.379 e. The van der Waals surface area contributed by atoms with Gasteiger partial charge in [0.2, 0.25) is 10.0 Å². The Hall–Kier alpha value is -1.90. The van der Waals surface area contributed by atoms with Crippen LogP contribution in [0.15, 0.2) is 40.4 Å². The Labute approximate surface area is 141 Å². The van der Waals surface area contributed by atoms with Crippen LogP contribution in [-0.2, 0) is 21.3 Å². The van der Waals surface area contributed by atoms with Gasteiger partial charge in [0.05, 0.1) is 26.3 Å². The molecule has 0 amide bonds. The molecule has 0 spiro atoms. The minimum absolute atomic E-state index is 0.360. The fourth-order valence-electron chi connectivity index (χ4n) is 3.19. The summed E-state index contributed by atoms with van der Waals surface area (Å²) in [4.78, 5) is 4.77. The van der Waals surface area contributed by atoms with E-state index in [4.69, 9.17) is 4.74 Å². The second-order valence-corrected chi connectivity index (χ2v) is 7.82. The molecule has 24 heavy (non-hydrogen) atoms. The van der Waals surface area contributed by atoms with E-state index in [2.05, 4.69) is 10.3 Å². The van der Waals surface area contributed by atoms with Crippen LogP contribution in [0.5, 0.6) is 0 Å². The molecule has 7 nitrogen and oxygen atoms in total. The zero-order chi connectivity index (χ0) is 16.6. The first-order valence-corrected chi connectivity index (χ1v) is 9.53. The van der Waals surface area contributed by atoms with Crippen LogP contribution in [-0.4, -0.2) is 62.5 Å². The van der Waals surface area contributed by atoms with Gasteiger partial charge < -0.3 is 14.6 Å². The number of morpholine rings is 1. The highest BCUT2D eigenvalue weighted by molar-refractivity contribution is 7.89. The number of aromatic nitrogens is 1. The summed E-state index contributed by atoms with van der Waals surface area (Å²) < 4.78 is 34.9. The Bertz CT molecular complexity index is 882. The lowest BCUT2D eigenvalue weighted by atomic mass is 10.2. The summed E-state index contributed by atoms with van der Waals surface area (Å²) in [6.07, 6.45) is 1.73. The van der Waals surface area contributed by atoms with Crippen molar-refractivity contribution in [2.24, 2.45) is 4.99 Å². The van der Waals surface area contributed by atoms with Gasteiger partial charge in [-0.25, -0.2) is 8.42 Å². The largest absolute Gasteiger partial charge is 0.379 e. The standard InChI is InChI=1S/C16H20N4O3S/c21-24(22,20-7-9-23-10-8-20)15-11-19(12-16-17-5-6-18-16)14-4-2-1-3-13(14)15/h1-4,11H,5-10,12H2,(H,17,18). The molecule has 2 aromatic rings. The van der Waals surface area contributed by atoms with Crippen LogP contribution in [0.25, 0.3) is 10.9 Å². The zero-order valence-electron chi connectivity index (χ0n) is 13.3. The summed E-state index contributed by atoms with van der Waals surface area (Å²) in [7, 11) is -3.53. The van der Waals surface area contributed by atoms with Crippen molar-refractivity contribution in [2.75, 3.05) is 39.4 Å². The minimum atomic E-state index is -3.53. The van der Waals surface area contributed by atoms with Gasteiger partial charge in [-0.3, -0.25) is 4.99 Å². The molecule has 128 valence electrons. The molecule has 4 rings (SSSR count). The molecule has 0 bridgehead atoms. The number of rotatable bonds is 4. The third kappa shape index (κ3) is 2.70. The lowest BCUT2D eigenvalue weighted by Crippen LogP contribution is -2.40. The molecule has 1 saturated heterocycles. The van der Waals surface area contributed by atoms with E-state index in [9.17, 15) is 8.42 Å². The molecule has 3 heterocycles. The average Bonchev–Trinajstić information content (AvgIpc) is 3.25.